The third kappa shape index (κ3) is 5.84. The molecule has 0 aliphatic heterocycles. The number of aryl methyl sites for hydroxylation is 1. The van der Waals surface area contributed by atoms with Crippen LogP contribution in [0, 0.1) is 18.3 Å². The molecule has 0 atom stereocenters. The molecule has 0 aliphatic rings. The number of nitriles is 1. The van der Waals surface area contributed by atoms with Crippen LogP contribution in [0.2, 0.25) is 0 Å². The number of nitrogens with one attached hydrogen (secondary N) is 1. The van der Waals surface area contributed by atoms with E-state index in [9.17, 15) is 9.59 Å². The maximum Gasteiger partial charge on any atom is 0.291 e. The van der Waals surface area contributed by atoms with Gasteiger partial charge in [-0.2, -0.15) is 5.26 Å². The molecule has 3 rings (SSSR count). The number of benzene rings is 2. The summed E-state index contributed by atoms with van der Waals surface area (Å²) in [6.07, 6.45) is 1.44. The van der Waals surface area contributed by atoms with Crippen molar-refractivity contribution >= 4 is 17.5 Å². The fourth-order valence-corrected chi connectivity index (χ4v) is 3.14. The van der Waals surface area contributed by atoms with Crippen molar-refractivity contribution in [2.45, 2.75) is 13.5 Å². The van der Waals surface area contributed by atoms with Crippen molar-refractivity contribution in [3.8, 4) is 6.07 Å². The fourth-order valence-electron chi connectivity index (χ4n) is 3.14. The van der Waals surface area contributed by atoms with Gasteiger partial charge < -0.3 is 19.5 Å². The molecular formula is C25H26N4O3. The first kappa shape index (κ1) is 22.8. The summed E-state index contributed by atoms with van der Waals surface area (Å²) >= 11 is 0. The second kappa shape index (κ2) is 10.4. The highest BCUT2D eigenvalue weighted by molar-refractivity contribution is 6.03. The molecule has 7 heteroatoms. The first-order chi connectivity index (χ1) is 15.4. The molecule has 1 heterocycles. The van der Waals surface area contributed by atoms with Crippen molar-refractivity contribution in [3.05, 3.63) is 88.9 Å². The molecule has 1 N–H and O–H groups in total. The number of carbonyl (C=O) groups excluding carboxylic acids is 2. The van der Waals surface area contributed by atoms with E-state index < -0.39 is 0 Å². The van der Waals surface area contributed by atoms with Gasteiger partial charge in [-0.3, -0.25) is 9.59 Å². The quantitative estimate of drug-likeness (QED) is 0.585. The van der Waals surface area contributed by atoms with Crippen molar-refractivity contribution in [1.82, 2.24) is 9.80 Å². The van der Waals surface area contributed by atoms with Gasteiger partial charge in [0.1, 0.15) is 0 Å². The van der Waals surface area contributed by atoms with E-state index in [-0.39, 0.29) is 17.6 Å². The Bertz CT molecular complexity index is 1110. The molecule has 32 heavy (non-hydrogen) atoms. The number of rotatable bonds is 8. The highest BCUT2D eigenvalue weighted by Crippen LogP contribution is 2.20. The molecule has 0 saturated heterocycles. The molecule has 0 saturated carbocycles. The predicted octanol–water partition coefficient (Wildman–Crippen LogP) is 3.92. The Balaban J connectivity index is 1.82. The van der Waals surface area contributed by atoms with E-state index >= 15 is 0 Å². The maximum absolute atomic E-state index is 13.4. The minimum Gasteiger partial charge on any atom is -0.459 e. The number of likely N-dealkylation sites (N-methyl/N-ethyl adjacent to an activating group) is 1. The lowest BCUT2D eigenvalue weighted by atomic mass is 10.1. The van der Waals surface area contributed by atoms with Gasteiger partial charge in [0, 0.05) is 30.9 Å². The normalized spacial score (nSPS) is 10.6. The van der Waals surface area contributed by atoms with Crippen LogP contribution in [-0.2, 0) is 6.54 Å². The lowest BCUT2D eigenvalue weighted by Crippen LogP contribution is -2.36. The highest BCUT2D eigenvalue weighted by atomic mass is 16.3. The second-order valence-corrected chi connectivity index (χ2v) is 7.80. The van der Waals surface area contributed by atoms with Crippen molar-refractivity contribution in [1.29, 1.82) is 5.26 Å². The Hall–Kier alpha value is -3.89. The summed E-state index contributed by atoms with van der Waals surface area (Å²) in [4.78, 5) is 29.6. The van der Waals surface area contributed by atoms with Gasteiger partial charge in [-0.05, 0) is 68.5 Å². The van der Waals surface area contributed by atoms with Gasteiger partial charge in [-0.25, -0.2) is 0 Å². The Morgan fingerprint density at radius 1 is 1.06 bits per heavy atom. The fraction of sp³-hybridized carbons (Fsp3) is 0.240. The topological polar surface area (TPSA) is 89.6 Å². The number of hydrogen-bond acceptors (Lipinski definition) is 5. The molecule has 0 bridgehead atoms. The van der Waals surface area contributed by atoms with Crippen molar-refractivity contribution in [2.24, 2.45) is 0 Å². The average molecular weight is 431 g/mol. The summed E-state index contributed by atoms with van der Waals surface area (Å²) in [6.45, 7) is 3.52. The third-order valence-corrected chi connectivity index (χ3v) is 5.04. The zero-order valence-corrected chi connectivity index (χ0v) is 18.5. The maximum atomic E-state index is 13.4. The van der Waals surface area contributed by atoms with Gasteiger partial charge in [-0.15, -0.1) is 0 Å². The van der Waals surface area contributed by atoms with Crippen molar-refractivity contribution < 1.29 is 14.0 Å². The number of carbonyl (C=O) groups is 2. The van der Waals surface area contributed by atoms with Crippen LogP contribution < -0.4 is 5.32 Å². The smallest absolute Gasteiger partial charge is 0.291 e. The van der Waals surface area contributed by atoms with Gasteiger partial charge in [0.25, 0.3) is 11.8 Å². The monoisotopic (exact) mass is 430 g/mol. The van der Waals surface area contributed by atoms with Crippen LogP contribution >= 0.6 is 0 Å². The van der Waals surface area contributed by atoms with Crippen LogP contribution in [0.25, 0.3) is 0 Å². The predicted molar refractivity (Wildman–Crippen MR) is 122 cm³/mol. The van der Waals surface area contributed by atoms with E-state index in [4.69, 9.17) is 9.68 Å². The Morgan fingerprint density at radius 2 is 1.81 bits per heavy atom. The zero-order chi connectivity index (χ0) is 23.1. The summed E-state index contributed by atoms with van der Waals surface area (Å²) in [7, 11) is 3.91. The van der Waals surface area contributed by atoms with Crippen LogP contribution in [0.4, 0.5) is 5.69 Å². The summed E-state index contributed by atoms with van der Waals surface area (Å²) < 4.78 is 5.15. The van der Waals surface area contributed by atoms with Crippen LogP contribution in [0.15, 0.2) is 65.3 Å². The number of hydrogen-bond donors (Lipinski definition) is 1. The number of furan rings is 1. The first-order valence-corrected chi connectivity index (χ1v) is 10.3. The van der Waals surface area contributed by atoms with E-state index in [0.29, 0.717) is 36.4 Å². The number of amides is 2. The van der Waals surface area contributed by atoms with Gasteiger partial charge in [-0.1, -0.05) is 18.2 Å². The van der Waals surface area contributed by atoms with Crippen molar-refractivity contribution in [3.63, 3.8) is 0 Å². The number of anilines is 1. The van der Waals surface area contributed by atoms with Gasteiger partial charge in [0.05, 0.1) is 17.9 Å². The third-order valence-electron chi connectivity index (χ3n) is 5.04. The van der Waals surface area contributed by atoms with Gasteiger partial charge >= 0.3 is 0 Å². The molecular weight excluding hydrogens is 404 g/mol. The Labute approximate surface area is 187 Å². The molecule has 0 radical (unpaired) electrons. The summed E-state index contributed by atoms with van der Waals surface area (Å²) in [5.41, 5.74) is 3.40. The highest BCUT2D eigenvalue weighted by Gasteiger charge is 2.19. The van der Waals surface area contributed by atoms with Crippen LogP contribution in [0.3, 0.4) is 0 Å². The lowest BCUT2D eigenvalue weighted by Gasteiger charge is -2.25. The molecule has 0 spiro atoms. The lowest BCUT2D eigenvalue weighted by molar-refractivity contribution is 0.0731. The van der Waals surface area contributed by atoms with Crippen molar-refractivity contribution in [2.75, 3.05) is 32.5 Å². The van der Waals surface area contributed by atoms with Crippen LogP contribution in [0.5, 0.6) is 0 Å². The molecule has 1 aromatic heterocycles. The van der Waals surface area contributed by atoms with E-state index in [1.165, 1.54) is 6.26 Å². The molecule has 164 valence electrons. The zero-order valence-electron chi connectivity index (χ0n) is 18.5. The van der Waals surface area contributed by atoms with E-state index in [1.54, 1.807) is 41.3 Å². The molecule has 2 amide bonds. The molecule has 0 fully saturated rings. The van der Waals surface area contributed by atoms with E-state index in [1.807, 2.05) is 44.1 Å². The summed E-state index contributed by atoms with van der Waals surface area (Å²) in [5, 5.41) is 11.8. The minimum atomic E-state index is -0.371. The SMILES string of the molecule is Cc1ccc(C(=O)N(CCN(C)C)Cc2ccc(C#N)cc2)cc1NC(=O)c1ccco1. The summed E-state index contributed by atoms with van der Waals surface area (Å²) in [6, 6.07) is 17.8. The average Bonchev–Trinajstić information content (AvgIpc) is 3.33. The first-order valence-electron chi connectivity index (χ1n) is 10.3. The number of nitrogens with zero attached hydrogens (tertiary/aromatic N) is 3. The standard InChI is InChI=1S/C25H26N4O3/c1-18-6-11-21(15-22(18)27-24(30)23-5-4-14-32-23)25(31)29(13-12-28(2)3)17-20-9-7-19(16-26)8-10-20/h4-11,14-15H,12-13,17H2,1-3H3,(H,27,30). The minimum absolute atomic E-state index is 0.135. The molecule has 3 aromatic rings. The largest absolute Gasteiger partial charge is 0.459 e. The van der Waals surface area contributed by atoms with E-state index in [0.717, 1.165) is 11.1 Å². The van der Waals surface area contributed by atoms with E-state index in [2.05, 4.69) is 11.4 Å². The molecule has 2 aromatic carbocycles. The molecule has 0 aliphatic carbocycles. The second-order valence-electron chi connectivity index (χ2n) is 7.80. The molecule has 0 unspecified atom stereocenters. The Morgan fingerprint density at radius 3 is 2.44 bits per heavy atom. The van der Waals surface area contributed by atoms with Gasteiger partial charge in [0.2, 0.25) is 0 Å². The summed E-state index contributed by atoms with van der Waals surface area (Å²) in [5.74, 6) is -0.302. The van der Waals surface area contributed by atoms with Crippen LogP contribution in [-0.4, -0.2) is 48.8 Å². The van der Waals surface area contributed by atoms with Crippen LogP contribution in [0.1, 0.15) is 37.6 Å². The van der Waals surface area contributed by atoms with Gasteiger partial charge in [0.15, 0.2) is 5.76 Å². The Kier molecular flexibility index (Phi) is 7.42. The molecule has 7 nitrogen and oxygen atoms in total.